The quantitative estimate of drug-likeness (QED) is 0.880. The van der Waals surface area contributed by atoms with Gasteiger partial charge in [0.2, 0.25) is 5.13 Å². The predicted molar refractivity (Wildman–Crippen MR) is 73.0 cm³/mol. The standard InChI is InChI=1S/C13H21N3OS/c1-9-3-2-6-13(7-9,8-17)15-12-14-11(16-18-12)10-4-5-10/h9-10,17H,2-8H2,1H3,(H,14,15,16). The predicted octanol–water partition coefficient (Wildman–Crippen LogP) is 2.77. The van der Waals surface area contributed by atoms with Gasteiger partial charge < -0.3 is 10.4 Å². The summed E-state index contributed by atoms with van der Waals surface area (Å²) >= 11 is 1.44. The van der Waals surface area contributed by atoms with Gasteiger partial charge in [0.15, 0.2) is 0 Å². The lowest BCUT2D eigenvalue weighted by atomic mass is 9.77. The fourth-order valence-corrected chi connectivity index (χ4v) is 3.74. The molecule has 3 rings (SSSR count). The fraction of sp³-hybridized carbons (Fsp3) is 0.846. The lowest BCUT2D eigenvalue weighted by Gasteiger charge is -2.39. The highest BCUT2D eigenvalue weighted by molar-refractivity contribution is 7.09. The lowest BCUT2D eigenvalue weighted by molar-refractivity contribution is 0.149. The number of aliphatic hydroxyl groups is 1. The summed E-state index contributed by atoms with van der Waals surface area (Å²) in [7, 11) is 0. The van der Waals surface area contributed by atoms with Crippen molar-refractivity contribution in [2.45, 2.75) is 56.9 Å². The highest BCUT2D eigenvalue weighted by atomic mass is 32.1. The van der Waals surface area contributed by atoms with Gasteiger partial charge in [-0.1, -0.05) is 19.8 Å². The summed E-state index contributed by atoms with van der Waals surface area (Å²) in [5, 5.41) is 14.1. The average molecular weight is 267 g/mol. The van der Waals surface area contributed by atoms with Crippen LogP contribution in [0.3, 0.4) is 0 Å². The number of rotatable bonds is 4. The summed E-state index contributed by atoms with van der Waals surface area (Å²) in [6, 6.07) is 0. The minimum absolute atomic E-state index is 0.169. The van der Waals surface area contributed by atoms with Crippen LogP contribution in [0.2, 0.25) is 0 Å². The van der Waals surface area contributed by atoms with Crippen LogP contribution in [0.4, 0.5) is 5.13 Å². The molecule has 0 bridgehead atoms. The second kappa shape index (κ2) is 4.78. The molecule has 2 fully saturated rings. The molecule has 100 valence electrons. The van der Waals surface area contributed by atoms with Crippen LogP contribution >= 0.6 is 11.5 Å². The van der Waals surface area contributed by atoms with Crippen LogP contribution in [0.25, 0.3) is 0 Å². The molecule has 2 unspecified atom stereocenters. The number of aliphatic hydroxyl groups excluding tert-OH is 1. The third-order valence-electron chi connectivity index (χ3n) is 4.15. The van der Waals surface area contributed by atoms with E-state index in [0.29, 0.717) is 11.8 Å². The highest BCUT2D eigenvalue weighted by Crippen LogP contribution is 2.40. The first-order valence-electron chi connectivity index (χ1n) is 6.93. The Morgan fingerprint density at radius 1 is 1.44 bits per heavy atom. The molecule has 0 aromatic carbocycles. The van der Waals surface area contributed by atoms with Gasteiger partial charge in [-0.25, -0.2) is 4.98 Å². The van der Waals surface area contributed by atoms with E-state index < -0.39 is 0 Å². The van der Waals surface area contributed by atoms with Crippen LogP contribution in [0.1, 0.15) is 57.2 Å². The van der Waals surface area contributed by atoms with Crippen LogP contribution in [0, 0.1) is 5.92 Å². The van der Waals surface area contributed by atoms with Gasteiger partial charge in [-0.3, -0.25) is 0 Å². The Hall–Kier alpha value is -0.680. The molecule has 2 aliphatic carbocycles. The molecular formula is C13H21N3OS. The van der Waals surface area contributed by atoms with Crippen molar-refractivity contribution in [3.8, 4) is 0 Å². The van der Waals surface area contributed by atoms with Crippen molar-refractivity contribution >= 4 is 16.7 Å². The van der Waals surface area contributed by atoms with Crippen LogP contribution < -0.4 is 5.32 Å². The number of hydrogen-bond donors (Lipinski definition) is 2. The Labute approximate surface area is 112 Å². The van der Waals surface area contributed by atoms with E-state index in [-0.39, 0.29) is 12.1 Å². The maximum absolute atomic E-state index is 9.74. The Bertz CT molecular complexity index is 418. The van der Waals surface area contributed by atoms with Crippen molar-refractivity contribution in [3.63, 3.8) is 0 Å². The zero-order valence-electron chi connectivity index (χ0n) is 10.9. The fourth-order valence-electron chi connectivity index (χ4n) is 2.98. The summed E-state index contributed by atoms with van der Waals surface area (Å²) in [6.45, 7) is 2.46. The van der Waals surface area contributed by atoms with E-state index in [1.165, 1.54) is 37.2 Å². The zero-order chi connectivity index (χ0) is 12.6. The van der Waals surface area contributed by atoms with Crippen molar-refractivity contribution in [2.24, 2.45) is 5.92 Å². The number of hydrogen-bond acceptors (Lipinski definition) is 5. The molecule has 0 aliphatic heterocycles. The molecule has 4 nitrogen and oxygen atoms in total. The number of nitrogens with one attached hydrogen (secondary N) is 1. The van der Waals surface area contributed by atoms with Crippen molar-refractivity contribution in [1.82, 2.24) is 9.36 Å². The maximum Gasteiger partial charge on any atom is 0.203 e. The van der Waals surface area contributed by atoms with Gasteiger partial charge in [0.1, 0.15) is 5.82 Å². The van der Waals surface area contributed by atoms with E-state index in [4.69, 9.17) is 0 Å². The first-order valence-corrected chi connectivity index (χ1v) is 7.71. The highest BCUT2D eigenvalue weighted by Gasteiger charge is 2.36. The summed E-state index contributed by atoms with van der Waals surface area (Å²) in [4.78, 5) is 4.57. The normalized spacial score (nSPS) is 32.4. The Morgan fingerprint density at radius 2 is 2.28 bits per heavy atom. The minimum Gasteiger partial charge on any atom is -0.394 e. The van der Waals surface area contributed by atoms with Gasteiger partial charge in [-0.2, -0.15) is 4.37 Å². The summed E-state index contributed by atoms with van der Waals surface area (Å²) in [5.74, 6) is 2.28. The van der Waals surface area contributed by atoms with E-state index in [9.17, 15) is 5.11 Å². The number of anilines is 1. The monoisotopic (exact) mass is 267 g/mol. The molecule has 0 spiro atoms. The van der Waals surface area contributed by atoms with Crippen LogP contribution in [-0.4, -0.2) is 26.6 Å². The smallest absolute Gasteiger partial charge is 0.203 e. The molecule has 0 amide bonds. The molecule has 18 heavy (non-hydrogen) atoms. The van der Waals surface area contributed by atoms with Crippen molar-refractivity contribution in [3.05, 3.63) is 5.82 Å². The molecule has 0 radical (unpaired) electrons. The Morgan fingerprint density at radius 3 is 2.94 bits per heavy atom. The molecule has 1 aromatic rings. The van der Waals surface area contributed by atoms with Gasteiger partial charge in [-0.15, -0.1) is 0 Å². The van der Waals surface area contributed by atoms with Gasteiger partial charge in [0, 0.05) is 17.5 Å². The minimum atomic E-state index is -0.169. The zero-order valence-corrected chi connectivity index (χ0v) is 11.7. The topological polar surface area (TPSA) is 58.0 Å². The first kappa shape index (κ1) is 12.4. The number of aromatic nitrogens is 2. The van der Waals surface area contributed by atoms with Crippen molar-refractivity contribution in [1.29, 1.82) is 0 Å². The van der Waals surface area contributed by atoms with Crippen molar-refractivity contribution < 1.29 is 5.11 Å². The largest absolute Gasteiger partial charge is 0.394 e. The van der Waals surface area contributed by atoms with Gasteiger partial charge in [0.05, 0.1) is 12.1 Å². The summed E-state index contributed by atoms with van der Waals surface area (Å²) in [5.41, 5.74) is -0.169. The molecule has 2 saturated carbocycles. The van der Waals surface area contributed by atoms with E-state index in [2.05, 4.69) is 21.6 Å². The van der Waals surface area contributed by atoms with Crippen LogP contribution in [0.5, 0.6) is 0 Å². The molecule has 2 N–H and O–H groups in total. The second-order valence-electron chi connectivity index (χ2n) is 6.00. The Kier molecular flexibility index (Phi) is 3.28. The molecule has 2 aliphatic rings. The van der Waals surface area contributed by atoms with Crippen LogP contribution in [-0.2, 0) is 0 Å². The van der Waals surface area contributed by atoms with E-state index in [1.54, 1.807) is 0 Å². The Balaban J connectivity index is 1.71. The molecule has 1 heterocycles. The SMILES string of the molecule is CC1CCCC(CO)(Nc2nc(C3CC3)ns2)C1. The first-order chi connectivity index (χ1) is 8.71. The lowest BCUT2D eigenvalue weighted by Crippen LogP contribution is -2.45. The van der Waals surface area contributed by atoms with E-state index in [1.807, 2.05) is 0 Å². The van der Waals surface area contributed by atoms with E-state index in [0.717, 1.165) is 23.8 Å². The third-order valence-corrected chi connectivity index (χ3v) is 4.80. The van der Waals surface area contributed by atoms with Gasteiger partial charge in [0.25, 0.3) is 0 Å². The van der Waals surface area contributed by atoms with Gasteiger partial charge >= 0.3 is 0 Å². The summed E-state index contributed by atoms with van der Waals surface area (Å²) < 4.78 is 4.41. The molecule has 2 atom stereocenters. The van der Waals surface area contributed by atoms with Crippen LogP contribution in [0.15, 0.2) is 0 Å². The average Bonchev–Trinajstić information content (AvgIpc) is 3.11. The second-order valence-corrected chi connectivity index (χ2v) is 6.75. The van der Waals surface area contributed by atoms with Gasteiger partial charge in [-0.05, 0) is 31.6 Å². The molecule has 1 aromatic heterocycles. The summed E-state index contributed by atoms with van der Waals surface area (Å²) in [6.07, 6.45) is 6.99. The molecule has 0 saturated heterocycles. The van der Waals surface area contributed by atoms with E-state index >= 15 is 0 Å². The molecular weight excluding hydrogens is 246 g/mol. The molecule has 5 heteroatoms. The maximum atomic E-state index is 9.74. The third kappa shape index (κ3) is 2.52. The number of nitrogens with zero attached hydrogens (tertiary/aromatic N) is 2. The van der Waals surface area contributed by atoms with Crippen molar-refractivity contribution in [2.75, 3.05) is 11.9 Å².